The topological polar surface area (TPSA) is 77.0 Å². The predicted octanol–water partition coefficient (Wildman–Crippen LogP) is 3.90. The first kappa shape index (κ1) is 17.6. The van der Waals surface area contributed by atoms with E-state index in [4.69, 9.17) is 4.74 Å². The van der Waals surface area contributed by atoms with E-state index in [1.165, 1.54) is 24.8 Å². The molecule has 1 N–H and O–H groups in total. The van der Waals surface area contributed by atoms with Gasteiger partial charge in [-0.25, -0.2) is 19.7 Å². The average molecular weight is 340 g/mol. The Morgan fingerprint density at radius 1 is 1.12 bits per heavy atom. The zero-order valence-electron chi connectivity index (χ0n) is 13.2. The van der Waals surface area contributed by atoms with E-state index >= 15 is 0 Å². The van der Waals surface area contributed by atoms with Crippen LogP contribution in [0.25, 0.3) is 11.3 Å². The molecule has 0 aromatic carbocycles. The first-order valence-electron chi connectivity index (χ1n) is 6.90. The molecule has 0 aliphatic heterocycles. The van der Waals surface area contributed by atoms with Crippen molar-refractivity contribution < 1.29 is 22.7 Å². The third-order valence-corrected chi connectivity index (χ3v) is 2.66. The minimum Gasteiger partial charge on any atom is -0.444 e. The molecule has 1 amide bonds. The number of hydrogen-bond donors (Lipinski definition) is 1. The lowest BCUT2D eigenvalue weighted by Crippen LogP contribution is -2.28. The van der Waals surface area contributed by atoms with Gasteiger partial charge in [0.25, 0.3) is 0 Å². The molecule has 0 radical (unpaired) electrons. The normalized spacial score (nSPS) is 11.9. The Bertz CT molecular complexity index is 728. The first-order chi connectivity index (χ1) is 11.1. The van der Waals surface area contributed by atoms with Crippen LogP contribution in [0.1, 0.15) is 26.5 Å². The Morgan fingerprint density at radius 2 is 1.75 bits per heavy atom. The minimum absolute atomic E-state index is 0.0395. The standard InChI is InChI=1S/C15H15F3N4O2/c1-14(2,3)24-13(23)22-11-5-4-10(9-6-19-8-20-7-9)21-12(11)15(16,17)18/h4-8H,1-3H3,(H,22,23). The summed E-state index contributed by atoms with van der Waals surface area (Å²) in [6.45, 7) is 4.82. The van der Waals surface area contributed by atoms with Gasteiger partial charge in [-0.1, -0.05) is 0 Å². The molecule has 0 atom stereocenters. The van der Waals surface area contributed by atoms with Crippen LogP contribution >= 0.6 is 0 Å². The molecule has 2 aromatic rings. The second-order valence-electron chi connectivity index (χ2n) is 5.84. The first-order valence-corrected chi connectivity index (χ1v) is 6.90. The quantitative estimate of drug-likeness (QED) is 0.897. The van der Waals surface area contributed by atoms with Crippen molar-refractivity contribution in [3.8, 4) is 11.3 Å². The molecule has 2 heterocycles. The fraction of sp³-hybridized carbons (Fsp3) is 0.333. The number of carbonyl (C=O) groups is 1. The molecule has 2 rings (SSSR count). The van der Waals surface area contributed by atoms with Gasteiger partial charge >= 0.3 is 12.3 Å². The zero-order chi connectivity index (χ0) is 18.0. The summed E-state index contributed by atoms with van der Waals surface area (Å²) in [5, 5.41) is 2.08. The summed E-state index contributed by atoms with van der Waals surface area (Å²) < 4.78 is 44.7. The van der Waals surface area contributed by atoms with Gasteiger partial charge in [-0.2, -0.15) is 13.2 Å². The Morgan fingerprint density at radius 3 is 2.29 bits per heavy atom. The number of pyridine rings is 1. The lowest BCUT2D eigenvalue weighted by atomic mass is 10.2. The summed E-state index contributed by atoms with van der Waals surface area (Å²) in [4.78, 5) is 22.8. The number of halogens is 3. The molecule has 0 unspecified atom stereocenters. The van der Waals surface area contributed by atoms with Crippen molar-refractivity contribution in [1.29, 1.82) is 0 Å². The van der Waals surface area contributed by atoms with Gasteiger partial charge in [-0.05, 0) is 32.9 Å². The van der Waals surface area contributed by atoms with Crippen LogP contribution in [0, 0.1) is 0 Å². The number of rotatable bonds is 2. The highest BCUT2D eigenvalue weighted by molar-refractivity contribution is 5.86. The maximum Gasteiger partial charge on any atom is 0.435 e. The van der Waals surface area contributed by atoms with Gasteiger partial charge in [-0.15, -0.1) is 0 Å². The molecular formula is C15H15F3N4O2. The maximum atomic E-state index is 13.2. The summed E-state index contributed by atoms with van der Waals surface area (Å²) in [5.41, 5.74) is -2.19. The molecule has 0 fully saturated rings. The van der Waals surface area contributed by atoms with Crippen molar-refractivity contribution in [2.24, 2.45) is 0 Å². The second kappa shape index (κ2) is 6.42. The molecule has 0 spiro atoms. The van der Waals surface area contributed by atoms with Gasteiger partial charge in [-0.3, -0.25) is 5.32 Å². The van der Waals surface area contributed by atoms with Gasteiger partial charge < -0.3 is 4.74 Å². The molecule has 6 nitrogen and oxygen atoms in total. The molecule has 0 saturated heterocycles. The molecule has 128 valence electrons. The lowest BCUT2D eigenvalue weighted by Gasteiger charge is -2.20. The van der Waals surface area contributed by atoms with Gasteiger partial charge in [0, 0.05) is 18.0 Å². The SMILES string of the molecule is CC(C)(C)OC(=O)Nc1ccc(-c2cncnc2)nc1C(F)(F)F. The second-order valence-corrected chi connectivity index (χ2v) is 5.84. The van der Waals surface area contributed by atoms with E-state index in [0.29, 0.717) is 5.56 Å². The Labute approximate surface area is 136 Å². The van der Waals surface area contributed by atoms with Gasteiger partial charge in [0.2, 0.25) is 0 Å². The molecule has 9 heteroatoms. The van der Waals surface area contributed by atoms with E-state index in [9.17, 15) is 18.0 Å². The van der Waals surface area contributed by atoms with Gasteiger partial charge in [0.05, 0.1) is 11.4 Å². The van der Waals surface area contributed by atoms with Crippen LogP contribution in [-0.4, -0.2) is 26.6 Å². The number of anilines is 1. The van der Waals surface area contributed by atoms with E-state index in [1.807, 2.05) is 0 Å². The Hall–Kier alpha value is -2.71. The molecule has 0 aliphatic carbocycles. The number of ether oxygens (including phenoxy) is 1. The third kappa shape index (κ3) is 4.64. The van der Waals surface area contributed by atoms with Crippen LogP contribution in [-0.2, 0) is 10.9 Å². The number of amides is 1. The highest BCUT2D eigenvalue weighted by Gasteiger charge is 2.36. The third-order valence-electron chi connectivity index (χ3n) is 2.66. The maximum absolute atomic E-state index is 13.2. The largest absolute Gasteiger partial charge is 0.444 e. The predicted molar refractivity (Wildman–Crippen MR) is 80.1 cm³/mol. The van der Waals surface area contributed by atoms with E-state index in [1.54, 1.807) is 20.8 Å². The van der Waals surface area contributed by atoms with Crippen LogP contribution in [0.4, 0.5) is 23.7 Å². The highest BCUT2D eigenvalue weighted by atomic mass is 19.4. The zero-order valence-corrected chi connectivity index (χ0v) is 13.2. The van der Waals surface area contributed by atoms with Crippen molar-refractivity contribution in [2.45, 2.75) is 32.5 Å². The molecule has 0 aliphatic rings. The average Bonchev–Trinajstić information content (AvgIpc) is 2.45. The van der Waals surface area contributed by atoms with Crippen LogP contribution in [0.15, 0.2) is 30.9 Å². The van der Waals surface area contributed by atoms with Crippen molar-refractivity contribution in [2.75, 3.05) is 5.32 Å². The summed E-state index contributed by atoms with van der Waals surface area (Å²) >= 11 is 0. The number of alkyl halides is 3. The summed E-state index contributed by atoms with van der Waals surface area (Å²) in [6.07, 6.45) is -1.80. The lowest BCUT2D eigenvalue weighted by molar-refractivity contribution is -0.140. The van der Waals surface area contributed by atoms with Crippen LogP contribution in [0.5, 0.6) is 0 Å². The van der Waals surface area contributed by atoms with E-state index in [0.717, 1.165) is 6.07 Å². The molecule has 24 heavy (non-hydrogen) atoms. The van der Waals surface area contributed by atoms with Crippen molar-refractivity contribution in [3.05, 3.63) is 36.5 Å². The van der Waals surface area contributed by atoms with E-state index < -0.39 is 29.3 Å². The van der Waals surface area contributed by atoms with E-state index in [-0.39, 0.29) is 5.69 Å². The monoisotopic (exact) mass is 340 g/mol. The molecular weight excluding hydrogens is 325 g/mol. The Kier molecular flexibility index (Phi) is 4.72. The minimum atomic E-state index is -4.75. The van der Waals surface area contributed by atoms with Crippen LogP contribution in [0.3, 0.4) is 0 Å². The summed E-state index contributed by atoms with van der Waals surface area (Å²) in [6, 6.07) is 2.45. The van der Waals surface area contributed by atoms with Gasteiger partial charge in [0.15, 0.2) is 5.69 Å². The fourth-order valence-corrected chi connectivity index (χ4v) is 1.78. The fourth-order valence-electron chi connectivity index (χ4n) is 1.78. The summed E-state index contributed by atoms with van der Waals surface area (Å²) in [5.74, 6) is 0. The van der Waals surface area contributed by atoms with Crippen LogP contribution in [0.2, 0.25) is 0 Å². The summed E-state index contributed by atoms with van der Waals surface area (Å²) in [7, 11) is 0. The number of aromatic nitrogens is 3. The number of nitrogens with zero attached hydrogens (tertiary/aromatic N) is 3. The smallest absolute Gasteiger partial charge is 0.435 e. The number of nitrogens with one attached hydrogen (secondary N) is 1. The van der Waals surface area contributed by atoms with Gasteiger partial charge in [0.1, 0.15) is 11.9 Å². The van der Waals surface area contributed by atoms with Crippen molar-refractivity contribution in [3.63, 3.8) is 0 Å². The van der Waals surface area contributed by atoms with Crippen LogP contribution < -0.4 is 5.32 Å². The van der Waals surface area contributed by atoms with E-state index in [2.05, 4.69) is 20.3 Å². The molecule has 2 aromatic heterocycles. The number of carbonyl (C=O) groups excluding carboxylic acids is 1. The molecule has 0 bridgehead atoms. The van der Waals surface area contributed by atoms with Crippen molar-refractivity contribution in [1.82, 2.24) is 15.0 Å². The Balaban J connectivity index is 2.37. The van der Waals surface area contributed by atoms with Crippen molar-refractivity contribution >= 4 is 11.8 Å². The highest BCUT2D eigenvalue weighted by Crippen LogP contribution is 2.35. The molecule has 0 saturated carbocycles. The number of hydrogen-bond acceptors (Lipinski definition) is 5.